The lowest BCUT2D eigenvalue weighted by Gasteiger charge is -2.07. The van der Waals surface area contributed by atoms with E-state index >= 15 is 0 Å². The molecule has 6 heteroatoms. The number of nitrogen functional groups attached to an aromatic ring is 1. The lowest BCUT2D eigenvalue weighted by atomic mass is 10.2. The summed E-state index contributed by atoms with van der Waals surface area (Å²) in [5.41, 5.74) is 1.14. The molecule has 1 heterocycles. The molecule has 0 unspecified atom stereocenters. The van der Waals surface area contributed by atoms with Crippen molar-refractivity contribution in [3.63, 3.8) is 0 Å². The summed E-state index contributed by atoms with van der Waals surface area (Å²) in [6, 6.07) is 17.8. The van der Waals surface area contributed by atoms with Crippen LogP contribution >= 0.6 is 11.8 Å². The van der Waals surface area contributed by atoms with E-state index in [4.69, 9.17) is 10.6 Å². The van der Waals surface area contributed by atoms with Crippen molar-refractivity contribution < 1.29 is 4.74 Å². The molecule has 2 aromatic carbocycles. The minimum atomic E-state index is 0.719. The van der Waals surface area contributed by atoms with Gasteiger partial charge in [-0.15, -0.1) is 10.2 Å². The number of nitrogens with two attached hydrogens (primary N) is 1. The van der Waals surface area contributed by atoms with Crippen LogP contribution in [0.5, 0.6) is 11.5 Å². The summed E-state index contributed by atoms with van der Waals surface area (Å²) < 4.78 is 7.40. The van der Waals surface area contributed by atoms with E-state index in [0.29, 0.717) is 0 Å². The molecule has 0 aliphatic carbocycles. The molecule has 0 fully saturated rings. The molecule has 0 atom stereocenters. The van der Waals surface area contributed by atoms with Gasteiger partial charge >= 0.3 is 0 Å². The number of thioether (sulfide) groups is 1. The second kappa shape index (κ2) is 7.19. The fourth-order valence-electron chi connectivity index (χ4n) is 2.12. The first-order valence-electron chi connectivity index (χ1n) is 7.40. The number of aryl methyl sites for hydroxylation is 1. The molecule has 5 nitrogen and oxygen atoms in total. The van der Waals surface area contributed by atoms with E-state index in [2.05, 4.69) is 16.3 Å². The molecule has 0 aliphatic rings. The van der Waals surface area contributed by atoms with Crippen molar-refractivity contribution in [1.82, 2.24) is 14.9 Å². The molecule has 0 amide bonds. The fraction of sp³-hybridized carbons (Fsp3) is 0.176. The van der Waals surface area contributed by atoms with Crippen LogP contribution < -0.4 is 10.6 Å². The number of ether oxygens (including phenoxy) is 1. The summed E-state index contributed by atoms with van der Waals surface area (Å²) in [6.07, 6.45) is 0.768. The molecule has 0 bridgehead atoms. The van der Waals surface area contributed by atoms with Gasteiger partial charge in [0.1, 0.15) is 11.5 Å². The maximum Gasteiger partial charge on any atom is 0.210 e. The van der Waals surface area contributed by atoms with E-state index in [1.165, 1.54) is 0 Å². The van der Waals surface area contributed by atoms with E-state index in [1.54, 1.807) is 16.4 Å². The highest BCUT2D eigenvalue weighted by molar-refractivity contribution is 7.98. The van der Waals surface area contributed by atoms with Crippen LogP contribution in [-0.4, -0.2) is 14.9 Å². The molecule has 118 valence electrons. The number of para-hydroxylation sites is 1. The predicted octanol–water partition coefficient (Wildman–Crippen LogP) is 3.64. The van der Waals surface area contributed by atoms with Crippen molar-refractivity contribution in [1.29, 1.82) is 0 Å². The highest BCUT2D eigenvalue weighted by Crippen LogP contribution is 2.25. The van der Waals surface area contributed by atoms with Gasteiger partial charge in [0.05, 0.1) is 0 Å². The minimum Gasteiger partial charge on any atom is -0.457 e. The standard InChI is InChI=1S/C17H18N4OS/c1-2-16-19-20-17(21(16)18)23-12-13-7-6-10-15(11-13)22-14-8-4-3-5-9-14/h3-11H,2,12,18H2,1H3. The van der Waals surface area contributed by atoms with Gasteiger partial charge in [-0.05, 0) is 29.8 Å². The first-order chi connectivity index (χ1) is 11.3. The molecule has 3 aromatic rings. The highest BCUT2D eigenvalue weighted by Gasteiger charge is 2.09. The largest absolute Gasteiger partial charge is 0.457 e. The van der Waals surface area contributed by atoms with Crippen LogP contribution in [0, 0.1) is 0 Å². The third-order valence-electron chi connectivity index (χ3n) is 3.30. The lowest BCUT2D eigenvalue weighted by Crippen LogP contribution is -2.13. The molecular weight excluding hydrogens is 308 g/mol. The van der Waals surface area contributed by atoms with Crippen molar-refractivity contribution in [3.8, 4) is 11.5 Å². The Morgan fingerprint density at radius 1 is 1.04 bits per heavy atom. The van der Waals surface area contributed by atoms with Gasteiger partial charge in [-0.2, -0.15) is 0 Å². The van der Waals surface area contributed by atoms with Gasteiger partial charge in [0, 0.05) is 12.2 Å². The van der Waals surface area contributed by atoms with E-state index < -0.39 is 0 Å². The Kier molecular flexibility index (Phi) is 4.83. The Morgan fingerprint density at radius 3 is 2.57 bits per heavy atom. The zero-order valence-corrected chi connectivity index (χ0v) is 13.7. The van der Waals surface area contributed by atoms with E-state index in [-0.39, 0.29) is 0 Å². The second-order valence-corrected chi connectivity index (χ2v) is 5.92. The number of hydrogen-bond acceptors (Lipinski definition) is 5. The quantitative estimate of drug-likeness (QED) is 0.553. The van der Waals surface area contributed by atoms with E-state index in [9.17, 15) is 0 Å². The van der Waals surface area contributed by atoms with Gasteiger partial charge in [-0.3, -0.25) is 0 Å². The van der Waals surface area contributed by atoms with E-state index in [1.807, 2.05) is 55.5 Å². The molecule has 0 radical (unpaired) electrons. The highest BCUT2D eigenvalue weighted by atomic mass is 32.2. The van der Waals surface area contributed by atoms with Crippen molar-refractivity contribution in [2.75, 3.05) is 5.84 Å². The van der Waals surface area contributed by atoms with Gasteiger partial charge in [0.15, 0.2) is 5.82 Å². The number of benzene rings is 2. The number of hydrogen-bond donors (Lipinski definition) is 1. The van der Waals surface area contributed by atoms with Crippen LogP contribution in [0.2, 0.25) is 0 Å². The SMILES string of the molecule is CCc1nnc(SCc2cccc(Oc3ccccc3)c2)n1N. The van der Waals surface area contributed by atoms with Crippen LogP contribution in [0.15, 0.2) is 59.8 Å². The Balaban J connectivity index is 1.66. The zero-order valence-electron chi connectivity index (χ0n) is 12.8. The fourth-order valence-corrected chi connectivity index (χ4v) is 2.94. The van der Waals surface area contributed by atoms with Crippen molar-refractivity contribution in [2.45, 2.75) is 24.3 Å². The van der Waals surface area contributed by atoms with Gasteiger partial charge in [0.2, 0.25) is 5.16 Å². The molecule has 23 heavy (non-hydrogen) atoms. The summed E-state index contributed by atoms with van der Waals surface area (Å²) in [4.78, 5) is 0. The van der Waals surface area contributed by atoms with E-state index in [0.717, 1.165) is 40.2 Å². The molecular formula is C17H18N4OS. The second-order valence-electron chi connectivity index (χ2n) is 4.97. The molecule has 0 saturated carbocycles. The third-order valence-corrected chi connectivity index (χ3v) is 4.31. The van der Waals surface area contributed by atoms with Crippen molar-refractivity contribution in [3.05, 3.63) is 66.0 Å². The molecule has 0 aliphatic heterocycles. The van der Waals surface area contributed by atoms with Crippen LogP contribution in [-0.2, 0) is 12.2 Å². The number of nitrogens with zero attached hydrogens (tertiary/aromatic N) is 3. The third kappa shape index (κ3) is 3.84. The maximum absolute atomic E-state index is 5.96. The Hall–Kier alpha value is -2.47. The van der Waals surface area contributed by atoms with Crippen LogP contribution in [0.1, 0.15) is 18.3 Å². The van der Waals surface area contributed by atoms with Crippen LogP contribution in [0.25, 0.3) is 0 Å². The topological polar surface area (TPSA) is 66.0 Å². The summed E-state index contributed by atoms with van der Waals surface area (Å²) in [5, 5.41) is 8.89. The Morgan fingerprint density at radius 2 is 1.83 bits per heavy atom. The smallest absolute Gasteiger partial charge is 0.210 e. The molecule has 2 N–H and O–H groups in total. The summed E-state index contributed by atoms with van der Waals surface area (Å²) >= 11 is 1.56. The Labute approximate surface area is 139 Å². The predicted molar refractivity (Wildman–Crippen MR) is 92.1 cm³/mol. The first kappa shape index (κ1) is 15.4. The lowest BCUT2D eigenvalue weighted by molar-refractivity contribution is 0.482. The average molecular weight is 326 g/mol. The van der Waals surface area contributed by atoms with Crippen molar-refractivity contribution >= 4 is 11.8 Å². The summed E-state index contributed by atoms with van der Waals surface area (Å²) in [6.45, 7) is 2.01. The Bertz CT molecular complexity index is 773. The number of rotatable bonds is 6. The summed E-state index contributed by atoms with van der Waals surface area (Å²) in [7, 11) is 0. The van der Waals surface area contributed by atoms with Crippen molar-refractivity contribution in [2.24, 2.45) is 0 Å². The van der Waals surface area contributed by atoms with Crippen LogP contribution in [0.4, 0.5) is 0 Å². The molecule has 1 aromatic heterocycles. The monoisotopic (exact) mass is 326 g/mol. The van der Waals surface area contributed by atoms with Gasteiger partial charge < -0.3 is 10.6 Å². The van der Waals surface area contributed by atoms with Gasteiger partial charge in [-0.1, -0.05) is 49.0 Å². The van der Waals surface area contributed by atoms with Crippen LogP contribution in [0.3, 0.4) is 0 Å². The normalized spacial score (nSPS) is 10.7. The molecule has 3 rings (SSSR count). The van der Waals surface area contributed by atoms with Gasteiger partial charge in [0.25, 0.3) is 0 Å². The van der Waals surface area contributed by atoms with Gasteiger partial charge in [-0.25, -0.2) is 4.68 Å². The maximum atomic E-state index is 5.96. The average Bonchev–Trinajstić information content (AvgIpc) is 2.94. The number of aromatic nitrogens is 3. The zero-order chi connectivity index (χ0) is 16.1. The minimum absolute atomic E-state index is 0.719. The molecule has 0 saturated heterocycles. The summed E-state index contributed by atoms with van der Waals surface area (Å²) in [5.74, 6) is 9.14. The first-order valence-corrected chi connectivity index (χ1v) is 8.39. The molecule has 0 spiro atoms.